The first-order valence-corrected chi connectivity index (χ1v) is 13.6. The van der Waals surface area contributed by atoms with Gasteiger partial charge in [0.05, 0.1) is 30.4 Å². The third kappa shape index (κ3) is 7.18. The molecule has 1 aromatic rings. The van der Waals surface area contributed by atoms with Gasteiger partial charge in [-0.05, 0) is 88.5 Å². The highest BCUT2D eigenvalue weighted by Gasteiger charge is 2.34. The molecule has 36 heavy (non-hydrogen) atoms. The van der Waals surface area contributed by atoms with Crippen LogP contribution < -0.4 is 4.74 Å². The van der Waals surface area contributed by atoms with E-state index in [2.05, 4.69) is 32.7 Å². The first-order valence-electron chi connectivity index (χ1n) is 13.2. The van der Waals surface area contributed by atoms with Gasteiger partial charge in [-0.1, -0.05) is 27.7 Å². The lowest BCUT2D eigenvalue weighted by Crippen LogP contribution is -2.49. The molecule has 0 bridgehead atoms. The molecule has 3 rings (SSSR count). The fourth-order valence-electron chi connectivity index (χ4n) is 4.82. The predicted octanol–water partition coefficient (Wildman–Crippen LogP) is 6.55. The molecular weight excluding hydrogens is 474 g/mol. The fourth-order valence-corrected chi connectivity index (χ4v) is 5.25. The van der Waals surface area contributed by atoms with Gasteiger partial charge in [-0.2, -0.15) is 0 Å². The minimum atomic E-state index is -0.594. The summed E-state index contributed by atoms with van der Waals surface area (Å²) in [5, 5.41) is -0.354. The minimum Gasteiger partial charge on any atom is -0.426 e. The second-order valence-electron chi connectivity index (χ2n) is 12.2. The first-order chi connectivity index (χ1) is 16.8. The number of ketones is 1. The van der Waals surface area contributed by atoms with E-state index in [1.807, 2.05) is 4.90 Å². The highest BCUT2D eigenvalue weighted by molar-refractivity contribution is 6.33. The fraction of sp³-hybridized carbons (Fsp3) is 0.655. The molecular formula is C29H42ClN3O3. The molecule has 1 saturated carbocycles. The number of rotatable bonds is 6. The molecule has 1 aromatic carbocycles. The summed E-state index contributed by atoms with van der Waals surface area (Å²) in [5.41, 5.74) is 0.298. The zero-order valence-electron chi connectivity index (χ0n) is 22.9. The number of Topliss-reactive ketones (excluding diaryl/α,β-unsaturated/α-hetero) is 1. The number of halogens is 1. The average Bonchev–Trinajstić information content (AvgIpc) is 2.80. The van der Waals surface area contributed by atoms with E-state index in [4.69, 9.17) is 21.3 Å². The molecule has 6 nitrogen and oxygen atoms in total. The lowest BCUT2D eigenvalue weighted by atomic mass is 9.71. The number of alkyl halides is 1. The maximum absolute atomic E-state index is 13.0. The Morgan fingerprint density at radius 2 is 1.67 bits per heavy atom. The maximum atomic E-state index is 13.0. The third-order valence-electron chi connectivity index (χ3n) is 7.33. The van der Waals surface area contributed by atoms with Crippen molar-refractivity contribution in [3.8, 4) is 5.75 Å². The van der Waals surface area contributed by atoms with Crippen molar-refractivity contribution in [2.24, 2.45) is 26.7 Å². The summed E-state index contributed by atoms with van der Waals surface area (Å²) in [6.45, 7) is 14.6. The van der Waals surface area contributed by atoms with Crippen LogP contribution in [0.2, 0.25) is 0 Å². The number of nitrogens with zero attached hydrogens (tertiary/aromatic N) is 3. The van der Waals surface area contributed by atoms with Crippen molar-refractivity contribution in [1.29, 1.82) is 0 Å². The topological polar surface area (TPSA) is 71.3 Å². The van der Waals surface area contributed by atoms with Gasteiger partial charge in [0.1, 0.15) is 17.0 Å². The van der Waals surface area contributed by atoms with Gasteiger partial charge in [0.25, 0.3) is 0 Å². The number of carbonyl (C=O) groups is 2. The molecule has 0 N–H and O–H groups in total. The molecule has 0 aromatic heterocycles. The summed E-state index contributed by atoms with van der Waals surface area (Å²) in [7, 11) is 0. The Bertz CT molecular complexity index is 981. The van der Waals surface area contributed by atoms with Crippen molar-refractivity contribution < 1.29 is 14.3 Å². The summed E-state index contributed by atoms with van der Waals surface area (Å²) in [5.74, 6) is 1.50. The largest absolute Gasteiger partial charge is 0.426 e. The molecule has 1 aliphatic heterocycles. The Labute approximate surface area is 221 Å². The molecule has 2 atom stereocenters. The van der Waals surface area contributed by atoms with Crippen LogP contribution in [0.5, 0.6) is 5.75 Å². The molecule has 2 aliphatic rings. The minimum absolute atomic E-state index is 0.0432. The van der Waals surface area contributed by atoms with Crippen molar-refractivity contribution in [2.45, 2.75) is 98.0 Å². The van der Waals surface area contributed by atoms with Crippen LogP contribution >= 0.6 is 11.6 Å². The van der Waals surface area contributed by atoms with E-state index >= 15 is 0 Å². The van der Waals surface area contributed by atoms with Crippen molar-refractivity contribution in [3.05, 3.63) is 29.8 Å². The monoisotopic (exact) mass is 515 g/mol. The molecule has 198 valence electrons. The van der Waals surface area contributed by atoms with Gasteiger partial charge in [-0.25, -0.2) is 4.99 Å². The molecule has 2 unspecified atom stereocenters. The molecule has 0 saturated heterocycles. The number of ether oxygens (including phenoxy) is 1. The van der Waals surface area contributed by atoms with E-state index in [1.165, 1.54) is 12.8 Å². The van der Waals surface area contributed by atoms with Crippen LogP contribution in [0.3, 0.4) is 0 Å². The summed E-state index contributed by atoms with van der Waals surface area (Å²) in [6, 6.07) is 6.91. The van der Waals surface area contributed by atoms with Crippen molar-refractivity contribution >= 4 is 35.5 Å². The number of carbonyl (C=O) groups excluding carboxylic acids is 2. The number of hydrogen-bond acceptors (Lipinski definition) is 5. The van der Waals surface area contributed by atoms with Gasteiger partial charge < -0.3 is 9.64 Å². The average molecular weight is 516 g/mol. The zero-order valence-corrected chi connectivity index (χ0v) is 23.6. The Hall–Kier alpha value is -2.21. The Morgan fingerprint density at radius 3 is 2.19 bits per heavy atom. The van der Waals surface area contributed by atoms with E-state index in [0.29, 0.717) is 22.6 Å². The van der Waals surface area contributed by atoms with Crippen LogP contribution in [0.15, 0.2) is 34.3 Å². The second kappa shape index (κ2) is 11.5. The van der Waals surface area contributed by atoms with Crippen LogP contribution in [-0.2, 0) is 4.79 Å². The molecule has 0 radical (unpaired) electrons. The van der Waals surface area contributed by atoms with Gasteiger partial charge in [0, 0.05) is 5.56 Å². The first kappa shape index (κ1) is 28.4. The SMILES string of the molecule is CCC1C(Cl)C(=NC2CCC(C(C)(C)C)CC2)N=CN1CC(=O)c1ccc(OC(=O)C(C)(C)C)cc1. The molecule has 0 spiro atoms. The normalized spacial score (nSPS) is 26.2. The van der Waals surface area contributed by atoms with Crippen LogP contribution in [0.25, 0.3) is 0 Å². The predicted molar refractivity (Wildman–Crippen MR) is 147 cm³/mol. The summed E-state index contributed by atoms with van der Waals surface area (Å²) >= 11 is 6.85. The lowest BCUT2D eigenvalue weighted by Gasteiger charge is -2.37. The van der Waals surface area contributed by atoms with Crippen LogP contribution in [-0.4, -0.2) is 52.8 Å². The maximum Gasteiger partial charge on any atom is 0.316 e. The highest BCUT2D eigenvalue weighted by Crippen LogP contribution is 2.39. The second-order valence-corrected chi connectivity index (χ2v) is 12.7. The van der Waals surface area contributed by atoms with E-state index < -0.39 is 5.41 Å². The molecule has 0 amide bonds. The van der Waals surface area contributed by atoms with E-state index in [1.54, 1.807) is 51.4 Å². The van der Waals surface area contributed by atoms with Crippen molar-refractivity contribution in [2.75, 3.05) is 6.54 Å². The standard InChI is InChI=1S/C29H42ClN3O3/c1-8-23-25(30)26(32-21-13-11-20(12-14-21)28(2,3)4)31-18-33(23)17-24(34)19-9-15-22(16-10-19)36-27(35)29(5,6)7/h9-10,15-16,18,20-21,23,25H,8,11-14,17H2,1-7H3. The zero-order chi connectivity index (χ0) is 26.7. The number of aliphatic imine (C=N–C) groups is 2. The molecule has 1 fully saturated rings. The highest BCUT2D eigenvalue weighted by atomic mass is 35.5. The quantitative estimate of drug-likeness (QED) is 0.186. The number of esters is 1. The molecule has 7 heteroatoms. The molecule has 1 aliphatic carbocycles. The van der Waals surface area contributed by atoms with Crippen LogP contribution in [0.1, 0.15) is 90.9 Å². The van der Waals surface area contributed by atoms with Gasteiger partial charge >= 0.3 is 5.97 Å². The van der Waals surface area contributed by atoms with Crippen molar-refractivity contribution in [1.82, 2.24) is 4.90 Å². The van der Waals surface area contributed by atoms with Gasteiger partial charge in [0.15, 0.2) is 5.78 Å². The summed E-state index contributed by atoms with van der Waals surface area (Å²) < 4.78 is 5.40. The van der Waals surface area contributed by atoms with E-state index in [9.17, 15) is 9.59 Å². The Kier molecular flexibility index (Phi) is 9.02. The summed E-state index contributed by atoms with van der Waals surface area (Å²) in [4.78, 5) is 36.5. The third-order valence-corrected chi connectivity index (χ3v) is 7.81. The Morgan fingerprint density at radius 1 is 1.06 bits per heavy atom. The van der Waals surface area contributed by atoms with Crippen LogP contribution in [0.4, 0.5) is 0 Å². The van der Waals surface area contributed by atoms with Gasteiger partial charge in [-0.15, -0.1) is 11.6 Å². The van der Waals surface area contributed by atoms with Gasteiger partial charge in [0.2, 0.25) is 0 Å². The number of hydrogen-bond donors (Lipinski definition) is 0. The summed E-state index contributed by atoms with van der Waals surface area (Å²) in [6.07, 6.45) is 7.03. The molecule has 1 heterocycles. The number of amidine groups is 1. The van der Waals surface area contributed by atoms with Crippen molar-refractivity contribution in [3.63, 3.8) is 0 Å². The van der Waals surface area contributed by atoms with E-state index in [-0.39, 0.29) is 35.8 Å². The number of benzene rings is 1. The Balaban J connectivity index is 1.63. The van der Waals surface area contributed by atoms with Gasteiger partial charge in [-0.3, -0.25) is 14.6 Å². The van der Waals surface area contributed by atoms with E-state index in [0.717, 1.165) is 25.2 Å². The lowest BCUT2D eigenvalue weighted by molar-refractivity contribution is -0.143. The smallest absolute Gasteiger partial charge is 0.316 e. The van der Waals surface area contributed by atoms with Crippen LogP contribution in [0, 0.1) is 16.7 Å².